The molecule has 2 fully saturated rings. The van der Waals surface area contributed by atoms with E-state index >= 15 is 4.39 Å². The first-order chi connectivity index (χ1) is 24.1. The molecule has 4 heterocycles. The SMILES string of the molecule is COC(=O)C1=C(CN2CCN3C(=O)N(c4ccc(CCC(=O)O)cc4F)CC3C2)N=C(c2nccs2)NC1c1ccc(F)cc1Cl.O=S(=O)(O)O. The van der Waals surface area contributed by atoms with Crippen LogP contribution in [0.15, 0.2) is 64.2 Å². The minimum absolute atomic E-state index is 0.121. The van der Waals surface area contributed by atoms with Crippen molar-refractivity contribution in [1.29, 1.82) is 0 Å². The molecule has 4 N–H and O–H groups in total. The topological polar surface area (TPSA) is 202 Å². The van der Waals surface area contributed by atoms with Gasteiger partial charge in [-0.15, -0.1) is 11.3 Å². The normalized spacial score (nSPS) is 19.2. The maximum atomic E-state index is 15.1. The summed E-state index contributed by atoms with van der Waals surface area (Å²) >= 11 is 7.82. The fourth-order valence-corrected chi connectivity index (χ4v) is 6.86. The molecule has 51 heavy (non-hydrogen) atoms. The molecule has 3 aliphatic heterocycles. The largest absolute Gasteiger partial charge is 0.481 e. The Labute approximate surface area is 299 Å². The van der Waals surface area contributed by atoms with E-state index in [0.29, 0.717) is 47.3 Å². The second kappa shape index (κ2) is 15.8. The number of aliphatic imine (C=N–C) groups is 1. The van der Waals surface area contributed by atoms with Gasteiger partial charge in [0.05, 0.1) is 36.2 Å². The van der Waals surface area contributed by atoms with Crippen molar-refractivity contribution in [2.24, 2.45) is 4.99 Å². The lowest BCUT2D eigenvalue weighted by Gasteiger charge is -2.37. The molecule has 2 saturated heterocycles. The highest BCUT2D eigenvalue weighted by Crippen LogP contribution is 2.36. The van der Waals surface area contributed by atoms with Crippen LogP contribution in [0.3, 0.4) is 0 Å². The van der Waals surface area contributed by atoms with E-state index in [2.05, 4.69) is 15.2 Å². The van der Waals surface area contributed by atoms with Gasteiger partial charge in [0.2, 0.25) is 0 Å². The number of aryl methyl sites for hydroxylation is 1. The fraction of sp³-hybridized carbons (Fsp3) is 0.323. The number of carbonyl (C=O) groups excluding carboxylic acids is 2. The van der Waals surface area contributed by atoms with Crippen molar-refractivity contribution in [3.05, 3.63) is 92.0 Å². The Morgan fingerprint density at radius 1 is 1.14 bits per heavy atom. The number of carboxylic acids is 1. The first-order valence-corrected chi connectivity index (χ1v) is 17.8. The van der Waals surface area contributed by atoms with Crippen molar-refractivity contribution in [2.75, 3.05) is 44.7 Å². The van der Waals surface area contributed by atoms with Crippen LogP contribution in [0.25, 0.3) is 0 Å². The second-order valence-electron chi connectivity index (χ2n) is 11.5. The summed E-state index contributed by atoms with van der Waals surface area (Å²) in [5.74, 6) is -2.29. The quantitative estimate of drug-likeness (QED) is 0.182. The van der Waals surface area contributed by atoms with Crippen LogP contribution in [-0.2, 0) is 31.1 Å². The number of aliphatic carboxylic acids is 1. The number of hydrogen-bond acceptors (Lipinski definition) is 11. The van der Waals surface area contributed by atoms with Gasteiger partial charge in [-0.1, -0.05) is 23.7 Å². The Kier molecular flexibility index (Phi) is 11.7. The molecule has 3 aliphatic rings. The van der Waals surface area contributed by atoms with Crippen LogP contribution in [0.5, 0.6) is 0 Å². The highest BCUT2D eigenvalue weighted by Gasteiger charge is 2.43. The Morgan fingerprint density at radius 3 is 2.51 bits per heavy atom. The zero-order valence-corrected chi connectivity index (χ0v) is 29.1. The molecule has 0 bridgehead atoms. The van der Waals surface area contributed by atoms with Crippen LogP contribution in [0.2, 0.25) is 5.02 Å². The van der Waals surface area contributed by atoms with Crippen molar-refractivity contribution in [3.8, 4) is 0 Å². The number of ether oxygens (including phenoxy) is 1. The number of rotatable bonds is 9. The van der Waals surface area contributed by atoms with Gasteiger partial charge in [-0.3, -0.25) is 23.7 Å². The Hall–Kier alpha value is -4.53. The number of thiazole rings is 1. The third-order valence-corrected chi connectivity index (χ3v) is 9.29. The lowest BCUT2D eigenvalue weighted by atomic mass is 9.94. The molecule has 3 aromatic rings. The predicted molar refractivity (Wildman–Crippen MR) is 181 cm³/mol. The van der Waals surface area contributed by atoms with E-state index in [1.165, 1.54) is 53.7 Å². The highest BCUT2D eigenvalue weighted by atomic mass is 35.5. The van der Waals surface area contributed by atoms with Gasteiger partial charge in [-0.25, -0.2) is 28.3 Å². The van der Waals surface area contributed by atoms with Gasteiger partial charge >= 0.3 is 28.4 Å². The summed E-state index contributed by atoms with van der Waals surface area (Å²) in [5.41, 5.74) is 1.76. The minimum Gasteiger partial charge on any atom is -0.481 e. The number of fused-ring (bicyclic) bond motifs is 1. The van der Waals surface area contributed by atoms with Gasteiger partial charge in [-0.05, 0) is 41.8 Å². The molecule has 2 amide bonds. The molecule has 1 aromatic heterocycles. The summed E-state index contributed by atoms with van der Waals surface area (Å²) < 4.78 is 65.8. The molecule has 0 spiro atoms. The Balaban J connectivity index is 0.000000943. The van der Waals surface area contributed by atoms with Crippen molar-refractivity contribution >= 4 is 62.8 Å². The third-order valence-electron chi connectivity index (χ3n) is 8.18. The standard InChI is InChI=1S/C31H29ClF2N6O5S.H2O4S/c1-45-30(43)26-23(36-28(29-35-8-11-46-29)37-27(26)20-5-4-18(33)13-21(20)32)16-38-9-10-39-19(14-38)15-40(31(39)44)24-6-2-17(12-22(24)34)3-7-25(41)42;1-5(2,3)4/h2,4-6,8,11-13,19,27H,3,7,9-10,14-16H2,1H3,(H,36,37)(H,41,42);(H2,1,2,3,4). The molecular weight excluding hydrogens is 738 g/mol. The van der Waals surface area contributed by atoms with E-state index < -0.39 is 40.0 Å². The number of aromatic nitrogens is 1. The van der Waals surface area contributed by atoms with Crippen LogP contribution >= 0.6 is 22.9 Å². The molecular formula is C31H31ClF2N6O9S2. The number of amides is 2. The van der Waals surface area contributed by atoms with Gasteiger partial charge in [0.15, 0.2) is 10.8 Å². The number of nitrogens with zero attached hydrogens (tertiary/aromatic N) is 5. The number of amidine groups is 1. The van der Waals surface area contributed by atoms with E-state index in [0.717, 1.165) is 0 Å². The number of esters is 1. The maximum Gasteiger partial charge on any atom is 0.394 e. The number of piperazine rings is 1. The van der Waals surface area contributed by atoms with Crippen molar-refractivity contribution in [2.45, 2.75) is 24.9 Å². The maximum absolute atomic E-state index is 15.1. The predicted octanol–water partition coefficient (Wildman–Crippen LogP) is 3.58. The van der Waals surface area contributed by atoms with E-state index in [1.807, 2.05) is 0 Å². The molecule has 20 heteroatoms. The Morgan fingerprint density at radius 2 is 1.88 bits per heavy atom. The second-order valence-corrected chi connectivity index (χ2v) is 13.7. The summed E-state index contributed by atoms with van der Waals surface area (Å²) in [7, 11) is -3.40. The summed E-state index contributed by atoms with van der Waals surface area (Å²) in [5, 5.41) is 14.7. The van der Waals surface area contributed by atoms with Crippen LogP contribution < -0.4 is 10.2 Å². The summed E-state index contributed by atoms with van der Waals surface area (Å²) in [6, 6.07) is 6.99. The van der Waals surface area contributed by atoms with E-state index in [1.54, 1.807) is 22.5 Å². The number of benzene rings is 2. The minimum atomic E-state index is -4.67. The van der Waals surface area contributed by atoms with Gasteiger partial charge in [0.1, 0.15) is 11.6 Å². The molecule has 272 valence electrons. The number of methoxy groups -OCH3 is 1. The van der Waals surface area contributed by atoms with Gasteiger partial charge in [0, 0.05) is 55.7 Å². The van der Waals surface area contributed by atoms with E-state index in [9.17, 15) is 18.8 Å². The van der Waals surface area contributed by atoms with Crippen molar-refractivity contribution in [1.82, 2.24) is 20.1 Å². The zero-order chi connectivity index (χ0) is 37.0. The molecule has 0 saturated carbocycles. The Bertz CT molecular complexity index is 1990. The van der Waals surface area contributed by atoms with Crippen LogP contribution in [-0.4, -0.2) is 107 Å². The average molecular weight is 769 g/mol. The molecule has 2 unspecified atom stereocenters. The van der Waals surface area contributed by atoms with Gasteiger partial charge in [-0.2, -0.15) is 8.42 Å². The monoisotopic (exact) mass is 768 g/mol. The first-order valence-electron chi connectivity index (χ1n) is 15.1. The van der Waals surface area contributed by atoms with Crippen LogP contribution in [0.1, 0.15) is 28.6 Å². The summed E-state index contributed by atoms with van der Waals surface area (Å²) in [6.07, 6.45) is 1.70. The third kappa shape index (κ3) is 9.23. The van der Waals surface area contributed by atoms with E-state index in [4.69, 9.17) is 44.0 Å². The van der Waals surface area contributed by atoms with Gasteiger partial charge in [0.25, 0.3) is 0 Å². The van der Waals surface area contributed by atoms with Crippen molar-refractivity contribution < 1.29 is 50.5 Å². The number of carboxylic acid groups (broad SMARTS) is 1. The smallest absolute Gasteiger partial charge is 0.394 e. The first kappa shape index (κ1) is 37.7. The number of anilines is 1. The highest BCUT2D eigenvalue weighted by molar-refractivity contribution is 7.79. The molecule has 2 aromatic carbocycles. The fourth-order valence-electron chi connectivity index (χ4n) is 5.99. The van der Waals surface area contributed by atoms with Crippen LogP contribution in [0, 0.1) is 11.6 Å². The molecule has 6 rings (SSSR count). The summed E-state index contributed by atoms with van der Waals surface area (Å²) in [4.78, 5) is 51.9. The zero-order valence-electron chi connectivity index (χ0n) is 26.7. The lowest BCUT2D eigenvalue weighted by molar-refractivity contribution is -0.137. The summed E-state index contributed by atoms with van der Waals surface area (Å²) in [6.45, 7) is 1.72. The molecule has 0 radical (unpaired) electrons. The number of halogens is 3. The number of hydrogen-bond donors (Lipinski definition) is 4. The number of carbonyl (C=O) groups is 3. The molecule has 2 atom stereocenters. The average Bonchev–Trinajstić information content (AvgIpc) is 3.71. The molecule has 0 aliphatic carbocycles. The number of nitrogens with one attached hydrogen (secondary N) is 1. The number of urea groups is 1. The lowest BCUT2D eigenvalue weighted by Crippen LogP contribution is -2.52. The van der Waals surface area contributed by atoms with Gasteiger partial charge < -0.3 is 20.1 Å². The van der Waals surface area contributed by atoms with Crippen LogP contribution in [0.4, 0.5) is 19.3 Å². The molecule has 15 nitrogen and oxygen atoms in total. The van der Waals surface area contributed by atoms with Crippen molar-refractivity contribution in [3.63, 3.8) is 0 Å². The van der Waals surface area contributed by atoms with E-state index in [-0.39, 0.29) is 54.3 Å².